The van der Waals surface area contributed by atoms with Gasteiger partial charge in [-0.2, -0.15) is 13.8 Å². The van der Waals surface area contributed by atoms with Gasteiger partial charge in [0.2, 0.25) is 11.9 Å². The third-order valence-electron chi connectivity index (χ3n) is 1.13. The zero-order valence-electron chi connectivity index (χ0n) is 5.31. The number of nitrogens with zero attached hydrogens (tertiary/aromatic N) is 1. The van der Waals surface area contributed by atoms with Crippen molar-refractivity contribution in [2.24, 2.45) is 0 Å². The van der Waals surface area contributed by atoms with Crippen LogP contribution in [0.5, 0.6) is 0 Å². The lowest BCUT2D eigenvalue weighted by Gasteiger charge is -1.99. The van der Waals surface area contributed by atoms with E-state index in [0.717, 1.165) is 6.07 Å². The molecule has 1 aromatic heterocycles. The molecule has 0 atom stereocenters. The number of aromatic nitrogens is 1. The maximum Gasteiger partial charge on any atom is 0.234 e. The van der Waals surface area contributed by atoms with Crippen LogP contribution in [0, 0.1) is 11.9 Å². The highest BCUT2D eigenvalue weighted by Gasteiger charge is 2.08. The quantitative estimate of drug-likeness (QED) is 0.663. The average molecular weight is 180 g/mol. The van der Waals surface area contributed by atoms with Gasteiger partial charge < -0.3 is 5.11 Å². The van der Waals surface area contributed by atoms with Crippen molar-refractivity contribution in [1.29, 1.82) is 0 Å². The molecule has 0 aliphatic carbocycles. The fourth-order valence-corrected chi connectivity index (χ4v) is 0.786. The van der Waals surface area contributed by atoms with Crippen LogP contribution in [0.4, 0.5) is 8.78 Å². The van der Waals surface area contributed by atoms with Gasteiger partial charge in [0, 0.05) is 11.6 Å². The normalized spacial score (nSPS) is 10.2. The number of hydrogen-bond acceptors (Lipinski definition) is 2. The van der Waals surface area contributed by atoms with Crippen molar-refractivity contribution in [2.75, 3.05) is 0 Å². The van der Waals surface area contributed by atoms with Crippen molar-refractivity contribution in [2.45, 2.75) is 6.61 Å². The Labute approximate surface area is 66.4 Å². The lowest BCUT2D eigenvalue weighted by molar-refractivity contribution is 0.280. The third-order valence-corrected chi connectivity index (χ3v) is 1.53. The van der Waals surface area contributed by atoms with Gasteiger partial charge in [0.1, 0.15) is 5.02 Å². The van der Waals surface area contributed by atoms with Gasteiger partial charge in [-0.3, -0.25) is 0 Å². The van der Waals surface area contributed by atoms with Crippen LogP contribution in [0.1, 0.15) is 5.56 Å². The molecule has 0 unspecified atom stereocenters. The second-order valence-electron chi connectivity index (χ2n) is 1.87. The topological polar surface area (TPSA) is 33.1 Å². The van der Waals surface area contributed by atoms with Crippen LogP contribution >= 0.6 is 11.6 Å². The summed E-state index contributed by atoms with van der Waals surface area (Å²) in [6.07, 6.45) is 0. The maximum absolute atomic E-state index is 12.4. The summed E-state index contributed by atoms with van der Waals surface area (Å²) in [4.78, 5) is 2.81. The first kappa shape index (κ1) is 8.36. The Kier molecular flexibility index (Phi) is 2.36. The van der Waals surface area contributed by atoms with Crippen LogP contribution in [0.2, 0.25) is 5.02 Å². The molecule has 0 aromatic carbocycles. The summed E-state index contributed by atoms with van der Waals surface area (Å²) in [7, 11) is 0. The third kappa shape index (κ3) is 1.64. The highest BCUT2D eigenvalue weighted by Crippen LogP contribution is 2.18. The van der Waals surface area contributed by atoms with Crippen LogP contribution in [0.15, 0.2) is 6.07 Å². The monoisotopic (exact) mass is 179 g/mol. The SMILES string of the molecule is OCc1cc(F)nc(F)c1Cl. The van der Waals surface area contributed by atoms with Crippen molar-refractivity contribution >= 4 is 11.6 Å². The van der Waals surface area contributed by atoms with E-state index in [1.54, 1.807) is 0 Å². The lowest BCUT2D eigenvalue weighted by Crippen LogP contribution is -1.95. The molecular formula is C6H4ClF2NO. The molecule has 0 amide bonds. The zero-order valence-corrected chi connectivity index (χ0v) is 6.07. The minimum Gasteiger partial charge on any atom is -0.392 e. The number of aliphatic hydroxyl groups is 1. The van der Waals surface area contributed by atoms with Crippen molar-refractivity contribution in [1.82, 2.24) is 4.98 Å². The van der Waals surface area contributed by atoms with Gasteiger partial charge >= 0.3 is 0 Å². The fourth-order valence-electron chi connectivity index (χ4n) is 0.630. The number of halogens is 3. The molecule has 0 radical (unpaired) electrons. The van der Waals surface area contributed by atoms with Crippen molar-refractivity contribution in [3.63, 3.8) is 0 Å². The van der Waals surface area contributed by atoms with Crippen LogP contribution in [0.3, 0.4) is 0 Å². The molecule has 0 bridgehead atoms. The Bertz CT molecular complexity index is 280. The van der Waals surface area contributed by atoms with E-state index in [9.17, 15) is 8.78 Å². The molecule has 0 spiro atoms. The maximum atomic E-state index is 12.4. The molecule has 1 aromatic rings. The van der Waals surface area contributed by atoms with Crippen LogP contribution in [-0.2, 0) is 6.61 Å². The van der Waals surface area contributed by atoms with Gasteiger partial charge in [-0.15, -0.1) is 0 Å². The van der Waals surface area contributed by atoms with E-state index >= 15 is 0 Å². The number of rotatable bonds is 1. The number of pyridine rings is 1. The predicted octanol–water partition coefficient (Wildman–Crippen LogP) is 1.51. The van der Waals surface area contributed by atoms with Gasteiger partial charge in [-0.25, -0.2) is 0 Å². The van der Waals surface area contributed by atoms with Gasteiger partial charge in [-0.05, 0) is 0 Å². The first-order valence-electron chi connectivity index (χ1n) is 2.76. The van der Waals surface area contributed by atoms with E-state index in [4.69, 9.17) is 16.7 Å². The van der Waals surface area contributed by atoms with Crippen molar-refractivity contribution in [3.05, 3.63) is 28.5 Å². The van der Waals surface area contributed by atoms with Crippen LogP contribution in [-0.4, -0.2) is 10.1 Å². The number of hydrogen-bond donors (Lipinski definition) is 1. The Morgan fingerprint density at radius 2 is 2.18 bits per heavy atom. The minimum absolute atomic E-state index is 0.00309. The first-order valence-corrected chi connectivity index (χ1v) is 3.14. The highest BCUT2D eigenvalue weighted by molar-refractivity contribution is 6.31. The average Bonchev–Trinajstić information content (AvgIpc) is 1.96. The Morgan fingerprint density at radius 1 is 1.55 bits per heavy atom. The Balaban J connectivity index is 3.24. The zero-order chi connectivity index (χ0) is 8.43. The lowest BCUT2D eigenvalue weighted by atomic mass is 10.3. The van der Waals surface area contributed by atoms with Crippen LogP contribution in [0.25, 0.3) is 0 Å². The van der Waals surface area contributed by atoms with Gasteiger partial charge in [-0.1, -0.05) is 11.6 Å². The first-order chi connectivity index (χ1) is 5.15. The summed E-state index contributed by atoms with van der Waals surface area (Å²) in [6, 6.07) is 0.880. The van der Waals surface area contributed by atoms with Crippen molar-refractivity contribution < 1.29 is 13.9 Å². The van der Waals surface area contributed by atoms with E-state index in [1.165, 1.54) is 0 Å². The molecular weight excluding hydrogens is 176 g/mol. The molecule has 1 N–H and O–H groups in total. The summed E-state index contributed by atoms with van der Waals surface area (Å²) in [5.74, 6) is -2.09. The molecule has 1 heterocycles. The summed E-state index contributed by atoms with van der Waals surface area (Å²) in [6.45, 7) is -0.505. The minimum atomic E-state index is -1.10. The fraction of sp³-hybridized carbons (Fsp3) is 0.167. The van der Waals surface area contributed by atoms with Crippen molar-refractivity contribution in [3.8, 4) is 0 Å². The molecule has 0 saturated heterocycles. The molecule has 60 valence electrons. The van der Waals surface area contributed by atoms with Gasteiger partial charge in [0.15, 0.2) is 0 Å². The Hall–Kier alpha value is -0.740. The standard InChI is InChI=1S/C6H4ClF2NO/c7-5-3(2-11)1-4(8)10-6(5)9/h1,11H,2H2. The number of aliphatic hydroxyl groups excluding tert-OH is 1. The largest absolute Gasteiger partial charge is 0.392 e. The second-order valence-corrected chi connectivity index (χ2v) is 2.24. The summed E-state index contributed by atoms with van der Waals surface area (Å²) >= 11 is 5.30. The molecule has 0 aliphatic heterocycles. The molecule has 0 aliphatic rings. The van der Waals surface area contributed by atoms with Gasteiger partial charge in [0.25, 0.3) is 0 Å². The molecule has 0 fully saturated rings. The highest BCUT2D eigenvalue weighted by atomic mass is 35.5. The molecule has 0 saturated carbocycles. The molecule has 1 rings (SSSR count). The molecule has 11 heavy (non-hydrogen) atoms. The van der Waals surface area contributed by atoms with Crippen LogP contribution < -0.4 is 0 Å². The van der Waals surface area contributed by atoms with Gasteiger partial charge in [0.05, 0.1) is 6.61 Å². The van der Waals surface area contributed by atoms with E-state index in [2.05, 4.69) is 4.98 Å². The summed E-state index contributed by atoms with van der Waals surface area (Å²) < 4.78 is 24.7. The van der Waals surface area contributed by atoms with E-state index in [0.29, 0.717) is 0 Å². The van der Waals surface area contributed by atoms with E-state index < -0.39 is 18.5 Å². The smallest absolute Gasteiger partial charge is 0.234 e. The van der Waals surface area contributed by atoms with E-state index in [-0.39, 0.29) is 10.6 Å². The predicted molar refractivity (Wildman–Crippen MR) is 35.1 cm³/mol. The van der Waals surface area contributed by atoms with E-state index in [1.807, 2.05) is 0 Å². The molecule has 2 nitrogen and oxygen atoms in total. The second kappa shape index (κ2) is 3.11. The summed E-state index contributed by atoms with van der Waals surface area (Å²) in [5.41, 5.74) is -0.00309. The molecule has 5 heteroatoms. The summed E-state index contributed by atoms with van der Waals surface area (Å²) in [5, 5.41) is 8.18. The Morgan fingerprint density at radius 3 is 2.73 bits per heavy atom.